The zero-order valence-electron chi connectivity index (χ0n) is 19.1. The Morgan fingerprint density at radius 2 is 1.82 bits per heavy atom. The summed E-state index contributed by atoms with van der Waals surface area (Å²) in [7, 11) is 0. The van der Waals surface area contributed by atoms with Crippen LogP contribution in [0.4, 0.5) is 0 Å². The Labute approximate surface area is 193 Å². The highest BCUT2D eigenvalue weighted by atomic mass is 16.6. The average Bonchev–Trinajstić information content (AvgIpc) is 3.39. The Morgan fingerprint density at radius 3 is 2.64 bits per heavy atom. The quantitative estimate of drug-likeness (QED) is 0.509. The number of carbonyl (C=O) groups excluding carboxylic acids is 2. The van der Waals surface area contributed by atoms with Crippen molar-refractivity contribution in [3.05, 3.63) is 82.2 Å². The molecule has 2 aromatic carbocycles. The summed E-state index contributed by atoms with van der Waals surface area (Å²) in [4.78, 5) is 24.2. The third-order valence-corrected chi connectivity index (χ3v) is 5.96. The van der Waals surface area contributed by atoms with Gasteiger partial charge in [-0.15, -0.1) is 0 Å². The molecular weight excluding hydrogens is 418 g/mol. The van der Waals surface area contributed by atoms with Gasteiger partial charge in [0.25, 0.3) is 5.91 Å². The predicted molar refractivity (Wildman–Crippen MR) is 124 cm³/mol. The van der Waals surface area contributed by atoms with Crippen molar-refractivity contribution in [3.63, 3.8) is 0 Å². The van der Waals surface area contributed by atoms with Gasteiger partial charge in [0.15, 0.2) is 13.2 Å². The molecule has 33 heavy (non-hydrogen) atoms. The molecule has 7 heteroatoms. The lowest BCUT2D eigenvalue weighted by atomic mass is 10.1. The zero-order chi connectivity index (χ0) is 23.2. The van der Waals surface area contributed by atoms with Gasteiger partial charge in [-0.2, -0.15) is 5.10 Å². The number of rotatable bonds is 9. The number of hydrogen-bond donors (Lipinski definition) is 1. The van der Waals surface area contributed by atoms with E-state index in [-0.39, 0.29) is 19.1 Å². The number of carbonyl (C=O) groups is 2. The molecule has 0 fully saturated rings. The lowest BCUT2D eigenvalue weighted by Crippen LogP contribution is -2.29. The molecule has 1 amide bonds. The van der Waals surface area contributed by atoms with Crippen molar-refractivity contribution in [2.24, 2.45) is 0 Å². The van der Waals surface area contributed by atoms with Crippen molar-refractivity contribution in [1.82, 2.24) is 15.1 Å². The summed E-state index contributed by atoms with van der Waals surface area (Å²) in [6, 6.07) is 16.0. The molecule has 1 N–H and O–H groups in total. The second-order valence-electron chi connectivity index (χ2n) is 8.30. The van der Waals surface area contributed by atoms with Gasteiger partial charge >= 0.3 is 5.97 Å². The number of nitrogens with one attached hydrogen (secondary N) is 1. The summed E-state index contributed by atoms with van der Waals surface area (Å²) in [6.45, 7) is 4.34. The number of amides is 1. The number of benzene rings is 2. The van der Waals surface area contributed by atoms with E-state index < -0.39 is 5.97 Å². The van der Waals surface area contributed by atoms with Crippen LogP contribution in [0.15, 0.2) is 48.5 Å². The standard InChI is InChI=1S/C26H29N3O4/c1-18-24(19(2)29(28-18)15-20-7-4-3-5-8-20)14-27-25(30)16-33-26(31)17-32-23-12-11-21-9-6-10-22(21)13-23/h3-5,7-8,11-13H,6,9-10,14-17H2,1-2H3,(H,27,30). The molecule has 1 aliphatic rings. The molecule has 1 aromatic heterocycles. The van der Waals surface area contributed by atoms with Crippen LogP contribution >= 0.6 is 0 Å². The van der Waals surface area contributed by atoms with E-state index in [0.717, 1.165) is 41.8 Å². The number of fused-ring (bicyclic) bond motifs is 1. The summed E-state index contributed by atoms with van der Waals surface area (Å²) < 4.78 is 12.5. The fraction of sp³-hybridized carbons (Fsp3) is 0.346. The van der Waals surface area contributed by atoms with Crippen molar-refractivity contribution in [3.8, 4) is 5.75 Å². The molecule has 172 valence electrons. The van der Waals surface area contributed by atoms with Crippen molar-refractivity contribution in [1.29, 1.82) is 0 Å². The van der Waals surface area contributed by atoms with Crippen LogP contribution < -0.4 is 10.1 Å². The third kappa shape index (κ3) is 5.80. The van der Waals surface area contributed by atoms with Crippen LogP contribution in [0.2, 0.25) is 0 Å². The van der Waals surface area contributed by atoms with Gasteiger partial charge < -0.3 is 14.8 Å². The molecule has 0 atom stereocenters. The maximum absolute atomic E-state index is 12.2. The smallest absolute Gasteiger partial charge is 0.344 e. The molecular formula is C26H29N3O4. The van der Waals surface area contributed by atoms with Crippen molar-refractivity contribution in [2.75, 3.05) is 13.2 Å². The van der Waals surface area contributed by atoms with Gasteiger partial charge in [0.1, 0.15) is 5.75 Å². The van der Waals surface area contributed by atoms with Crippen molar-refractivity contribution >= 4 is 11.9 Å². The van der Waals surface area contributed by atoms with E-state index in [4.69, 9.17) is 9.47 Å². The summed E-state index contributed by atoms with van der Waals surface area (Å²) in [5, 5.41) is 7.40. The highest BCUT2D eigenvalue weighted by Crippen LogP contribution is 2.26. The van der Waals surface area contributed by atoms with E-state index >= 15 is 0 Å². The fourth-order valence-corrected chi connectivity index (χ4v) is 4.11. The molecule has 1 heterocycles. The SMILES string of the molecule is Cc1nn(Cc2ccccc2)c(C)c1CNC(=O)COC(=O)COc1ccc2c(c1)CCC2. The summed E-state index contributed by atoms with van der Waals surface area (Å²) >= 11 is 0. The fourth-order valence-electron chi connectivity index (χ4n) is 4.11. The lowest BCUT2D eigenvalue weighted by Gasteiger charge is -2.09. The first kappa shape index (κ1) is 22.6. The van der Waals surface area contributed by atoms with Gasteiger partial charge in [0.05, 0.1) is 12.2 Å². The molecule has 3 aromatic rings. The molecule has 0 radical (unpaired) electrons. The Bertz CT molecular complexity index is 1140. The Balaban J connectivity index is 1.21. The summed E-state index contributed by atoms with van der Waals surface area (Å²) in [6.07, 6.45) is 3.30. The second-order valence-corrected chi connectivity index (χ2v) is 8.30. The molecule has 0 aliphatic heterocycles. The number of aromatic nitrogens is 2. The van der Waals surface area contributed by atoms with Gasteiger partial charge in [-0.05, 0) is 61.9 Å². The van der Waals surface area contributed by atoms with Gasteiger partial charge in [0, 0.05) is 17.8 Å². The van der Waals surface area contributed by atoms with Crippen LogP contribution in [0.25, 0.3) is 0 Å². The minimum absolute atomic E-state index is 0.226. The number of aryl methyl sites for hydroxylation is 3. The first-order valence-corrected chi connectivity index (χ1v) is 11.2. The highest BCUT2D eigenvalue weighted by molar-refractivity contribution is 5.80. The Kier molecular flexibility index (Phi) is 7.07. The van der Waals surface area contributed by atoms with Crippen molar-refractivity contribution in [2.45, 2.75) is 46.2 Å². The first-order chi connectivity index (χ1) is 16.0. The van der Waals surface area contributed by atoms with E-state index in [1.165, 1.54) is 11.1 Å². The zero-order valence-corrected chi connectivity index (χ0v) is 19.1. The monoisotopic (exact) mass is 447 g/mol. The van der Waals surface area contributed by atoms with Crippen LogP contribution in [0.1, 0.15) is 40.1 Å². The highest BCUT2D eigenvalue weighted by Gasteiger charge is 2.15. The Morgan fingerprint density at radius 1 is 1.03 bits per heavy atom. The average molecular weight is 448 g/mol. The number of hydrogen-bond acceptors (Lipinski definition) is 5. The van der Waals surface area contributed by atoms with Crippen LogP contribution in [-0.4, -0.2) is 34.9 Å². The van der Waals surface area contributed by atoms with E-state index in [0.29, 0.717) is 18.8 Å². The van der Waals surface area contributed by atoms with Gasteiger partial charge in [-0.25, -0.2) is 4.79 Å². The lowest BCUT2D eigenvalue weighted by molar-refractivity contribution is -0.150. The molecule has 4 rings (SSSR count). The molecule has 0 bridgehead atoms. The van der Waals surface area contributed by atoms with Crippen molar-refractivity contribution < 1.29 is 19.1 Å². The predicted octanol–water partition coefficient (Wildman–Crippen LogP) is 3.28. The summed E-state index contributed by atoms with van der Waals surface area (Å²) in [5.74, 6) is -0.292. The topological polar surface area (TPSA) is 82.5 Å². The molecule has 0 saturated carbocycles. The number of nitrogens with zero attached hydrogens (tertiary/aromatic N) is 2. The van der Waals surface area contributed by atoms with Gasteiger partial charge in [-0.1, -0.05) is 36.4 Å². The normalized spacial score (nSPS) is 12.3. The maximum Gasteiger partial charge on any atom is 0.344 e. The van der Waals surface area contributed by atoms with E-state index in [1.54, 1.807) is 0 Å². The van der Waals surface area contributed by atoms with E-state index in [9.17, 15) is 9.59 Å². The molecule has 7 nitrogen and oxygen atoms in total. The van der Waals surface area contributed by atoms with Crippen LogP contribution in [-0.2, 0) is 40.3 Å². The first-order valence-electron chi connectivity index (χ1n) is 11.2. The third-order valence-electron chi connectivity index (χ3n) is 5.96. The molecule has 0 unspecified atom stereocenters. The Hall–Kier alpha value is -3.61. The maximum atomic E-state index is 12.2. The van der Waals surface area contributed by atoms with Crippen LogP contribution in [0.3, 0.4) is 0 Å². The minimum Gasteiger partial charge on any atom is -0.482 e. The number of ether oxygens (including phenoxy) is 2. The van der Waals surface area contributed by atoms with Crippen LogP contribution in [0, 0.1) is 13.8 Å². The summed E-state index contributed by atoms with van der Waals surface area (Å²) in [5.41, 5.74) is 6.61. The molecule has 0 spiro atoms. The largest absolute Gasteiger partial charge is 0.482 e. The molecule has 1 aliphatic carbocycles. The van der Waals surface area contributed by atoms with Crippen LogP contribution in [0.5, 0.6) is 5.75 Å². The minimum atomic E-state index is -0.575. The van der Waals surface area contributed by atoms with Gasteiger partial charge in [-0.3, -0.25) is 9.48 Å². The second kappa shape index (κ2) is 10.3. The number of esters is 1. The van der Waals surface area contributed by atoms with E-state index in [1.807, 2.05) is 54.9 Å². The van der Waals surface area contributed by atoms with Gasteiger partial charge in [0.2, 0.25) is 0 Å². The molecule has 0 saturated heterocycles. The van der Waals surface area contributed by atoms with E-state index in [2.05, 4.69) is 22.5 Å².